The molecule has 3 heteroatoms. The number of aliphatic hydroxyl groups excluding tert-OH is 1. The molecule has 0 fully saturated rings. The van der Waals surface area contributed by atoms with Crippen molar-refractivity contribution in [1.82, 2.24) is 0 Å². The lowest BCUT2D eigenvalue weighted by Gasteiger charge is -2.32. The number of hydrogen-bond donors (Lipinski definition) is 2. The summed E-state index contributed by atoms with van der Waals surface area (Å²) in [5.41, 5.74) is 3.25. The highest BCUT2D eigenvalue weighted by Gasteiger charge is 2.27. The summed E-state index contributed by atoms with van der Waals surface area (Å²) in [5.74, 6) is -0.295. The van der Waals surface area contributed by atoms with Gasteiger partial charge in [0.05, 0.1) is 12.1 Å². The minimum Gasteiger partial charge on any atom is -0.394 e. The van der Waals surface area contributed by atoms with E-state index in [-0.39, 0.29) is 12.4 Å². The Balaban J connectivity index is 2.40. The molecular weight excluding hydrogens is 253 g/mol. The first kappa shape index (κ1) is 14.5. The van der Waals surface area contributed by atoms with Crippen LogP contribution in [0.1, 0.15) is 23.6 Å². The van der Waals surface area contributed by atoms with Gasteiger partial charge in [0.15, 0.2) is 0 Å². The van der Waals surface area contributed by atoms with Crippen LogP contribution in [-0.4, -0.2) is 11.7 Å². The number of aryl methyl sites for hydroxylation is 2. The molecule has 20 heavy (non-hydrogen) atoms. The first-order valence-corrected chi connectivity index (χ1v) is 6.67. The zero-order chi connectivity index (χ0) is 14.8. The van der Waals surface area contributed by atoms with E-state index < -0.39 is 5.54 Å². The van der Waals surface area contributed by atoms with Crippen molar-refractivity contribution in [2.24, 2.45) is 0 Å². The van der Waals surface area contributed by atoms with Crippen molar-refractivity contribution in [2.45, 2.75) is 26.3 Å². The van der Waals surface area contributed by atoms with Gasteiger partial charge in [0.1, 0.15) is 5.82 Å². The van der Waals surface area contributed by atoms with Gasteiger partial charge in [-0.25, -0.2) is 4.39 Å². The van der Waals surface area contributed by atoms with Crippen molar-refractivity contribution < 1.29 is 9.50 Å². The molecule has 0 bridgehead atoms. The van der Waals surface area contributed by atoms with Gasteiger partial charge in [0, 0.05) is 5.69 Å². The predicted octanol–water partition coefficient (Wildman–Crippen LogP) is 3.76. The van der Waals surface area contributed by atoms with E-state index in [4.69, 9.17) is 0 Å². The molecule has 0 saturated carbocycles. The Labute approximate surface area is 119 Å². The maximum atomic E-state index is 13.3. The summed E-state index contributed by atoms with van der Waals surface area (Å²) in [4.78, 5) is 0. The van der Waals surface area contributed by atoms with Gasteiger partial charge in [-0.05, 0) is 50.1 Å². The third kappa shape index (κ3) is 2.99. The second kappa shape index (κ2) is 5.63. The molecule has 2 aromatic rings. The van der Waals surface area contributed by atoms with E-state index in [1.165, 1.54) is 12.1 Å². The Hall–Kier alpha value is -1.87. The Morgan fingerprint density at radius 2 is 1.90 bits per heavy atom. The van der Waals surface area contributed by atoms with E-state index in [0.717, 1.165) is 16.7 Å². The number of nitrogens with one attached hydrogen (secondary N) is 1. The number of hydrogen-bond acceptors (Lipinski definition) is 2. The van der Waals surface area contributed by atoms with Crippen molar-refractivity contribution in [2.75, 3.05) is 11.9 Å². The van der Waals surface area contributed by atoms with E-state index in [0.29, 0.717) is 5.69 Å². The molecule has 0 amide bonds. The van der Waals surface area contributed by atoms with Crippen LogP contribution >= 0.6 is 0 Å². The van der Waals surface area contributed by atoms with E-state index >= 15 is 0 Å². The summed E-state index contributed by atoms with van der Waals surface area (Å²) in [6.07, 6.45) is 0. The number of rotatable bonds is 4. The van der Waals surface area contributed by atoms with Crippen molar-refractivity contribution >= 4 is 5.69 Å². The maximum Gasteiger partial charge on any atom is 0.125 e. The second-order valence-electron chi connectivity index (χ2n) is 5.44. The molecule has 1 atom stereocenters. The zero-order valence-electron chi connectivity index (χ0n) is 12.1. The van der Waals surface area contributed by atoms with E-state index in [1.807, 2.05) is 32.9 Å². The normalized spacial score (nSPS) is 13.8. The van der Waals surface area contributed by atoms with Crippen molar-refractivity contribution in [3.63, 3.8) is 0 Å². The summed E-state index contributed by atoms with van der Waals surface area (Å²) in [7, 11) is 0. The molecule has 0 heterocycles. The average Bonchev–Trinajstić information content (AvgIpc) is 2.41. The fourth-order valence-corrected chi connectivity index (χ4v) is 2.41. The predicted molar refractivity (Wildman–Crippen MR) is 80.4 cm³/mol. The molecule has 2 rings (SSSR count). The molecule has 0 aliphatic heterocycles. The molecule has 0 aliphatic carbocycles. The quantitative estimate of drug-likeness (QED) is 0.889. The van der Waals surface area contributed by atoms with Gasteiger partial charge >= 0.3 is 0 Å². The Bertz CT molecular complexity index is 612. The number of benzene rings is 2. The van der Waals surface area contributed by atoms with Gasteiger partial charge in [-0.3, -0.25) is 0 Å². The molecule has 0 saturated heterocycles. The molecule has 0 aliphatic rings. The molecule has 106 valence electrons. The van der Waals surface area contributed by atoms with Gasteiger partial charge in [0.2, 0.25) is 0 Å². The van der Waals surface area contributed by atoms with Crippen LogP contribution in [0.2, 0.25) is 0 Å². The molecule has 2 aromatic carbocycles. The summed E-state index contributed by atoms with van der Waals surface area (Å²) >= 11 is 0. The van der Waals surface area contributed by atoms with E-state index in [1.54, 1.807) is 12.1 Å². The van der Waals surface area contributed by atoms with Crippen LogP contribution in [-0.2, 0) is 5.54 Å². The van der Waals surface area contributed by atoms with Crippen molar-refractivity contribution in [1.29, 1.82) is 0 Å². The largest absolute Gasteiger partial charge is 0.394 e. The third-order valence-electron chi connectivity index (χ3n) is 3.55. The molecule has 2 nitrogen and oxygen atoms in total. The van der Waals surface area contributed by atoms with Crippen molar-refractivity contribution in [3.05, 3.63) is 65.0 Å². The first-order valence-electron chi connectivity index (χ1n) is 6.67. The van der Waals surface area contributed by atoms with Gasteiger partial charge in [-0.1, -0.05) is 29.8 Å². The number of halogens is 1. The highest BCUT2D eigenvalue weighted by atomic mass is 19.1. The van der Waals surface area contributed by atoms with Gasteiger partial charge in [-0.2, -0.15) is 0 Å². The van der Waals surface area contributed by atoms with Crippen LogP contribution in [0.3, 0.4) is 0 Å². The van der Waals surface area contributed by atoms with Crippen LogP contribution in [0.5, 0.6) is 0 Å². The van der Waals surface area contributed by atoms with Crippen LogP contribution in [0.25, 0.3) is 0 Å². The molecular formula is C17H20FNO. The molecule has 2 N–H and O–H groups in total. The van der Waals surface area contributed by atoms with Gasteiger partial charge in [0.25, 0.3) is 0 Å². The molecule has 0 spiro atoms. The fourth-order valence-electron chi connectivity index (χ4n) is 2.41. The average molecular weight is 273 g/mol. The summed E-state index contributed by atoms with van der Waals surface area (Å²) in [6, 6.07) is 12.4. The lowest BCUT2D eigenvalue weighted by atomic mass is 9.87. The Kier molecular flexibility index (Phi) is 4.09. The van der Waals surface area contributed by atoms with Crippen LogP contribution in [0.4, 0.5) is 10.1 Å². The standard InChI is InChI=1S/C17H20FNO/c1-12-7-8-13(2)16(9-12)17(3,11-20)19-15-6-4-5-14(18)10-15/h4-10,19-20H,11H2,1-3H3. The zero-order valence-corrected chi connectivity index (χ0v) is 12.1. The smallest absolute Gasteiger partial charge is 0.125 e. The molecule has 0 aromatic heterocycles. The fraction of sp³-hybridized carbons (Fsp3) is 0.294. The maximum absolute atomic E-state index is 13.3. The highest BCUT2D eigenvalue weighted by molar-refractivity contribution is 5.49. The monoisotopic (exact) mass is 273 g/mol. The minimum atomic E-state index is -0.649. The number of anilines is 1. The van der Waals surface area contributed by atoms with Crippen LogP contribution in [0.15, 0.2) is 42.5 Å². The lowest BCUT2D eigenvalue weighted by Crippen LogP contribution is -2.36. The SMILES string of the molecule is Cc1ccc(C)c(C(C)(CO)Nc2cccc(F)c2)c1. The summed E-state index contributed by atoms with van der Waals surface area (Å²) in [5, 5.41) is 13.1. The molecule has 1 unspecified atom stereocenters. The lowest BCUT2D eigenvalue weighted by molar-refractivity contribution is 0.223. The van der Waals surface area contributed by atoms with Crippen molar-refractivity contribution in [3.8, 4) is 0 Å². The topological polar surface area (TPSA) is 32.3 Å². The second-order valence-corrected chi connectivity index (χ2v) is 5.44. The number of aliphatic hydroxyl groups is 1. The van der Waals surface area contributed by atoms with Gasteiger partial charge < -0.3 is 10.4 Å². The summed E-state index contributed by atoms with van der Waals surface area (Å²) < 4.78 is 13.3. The first-order chi connectivity index (χ1) is 9.44. The minimum absolute atomic E-state index is 0.0756. The van der Waals surface area contributed by atoms with E-state index in [2.05, 4.69) is 11.4 Å². The van der Waals surface area contributed by atoms with Gasteiger partial charge in [-0.15, -0.1) is 0 Å². The Morgan fingerprint density at radius 3 is 2.55 bits per heavy atom. The molecule has 0 radical (unpaired) electrons. The highest BCUT2D eigenvalue weighted by Crippen LogP contribution is 2.29. The van der Waals surface area contributed by atoms with Crippen LogP contribution in [0, 0.1) is 19.7 Å². The third-order valence-corrected chi connectivity index (χ3v) is 3.55. The Morgan fingerprint density at radius 1 is 1.15 bits per heavy atom. The summed E-state index contributed by atoms with van der Waals surface area (Å²) in [6.45, 7) is 5.87. The van der Waals surface area contributed by atoms with Crippen LogP contribution < -0.4 is 5.32 Å². The van der Waals surface area contributed by atoms with E-state index in [9.17, 15) is 9.50 Å².